The lowest BCUT2D eigenvalue weighted by molar-refractivity contribution is -0.132. The van der Waals surface area contributed by atoms with Crippen LogP contribution >= 0.6 is 11.6 Å². The lowest BCUT2D eigenvalue weighted by atomic mass is 9.99. The van der Waals surface area contributed by atoms with Gasteiger partial charge in [0.05, 0.1) is 17.2 Å². The fraction of sp³-hybridized carbons (Fsp3) is 0.231. The number of ketones is 1. The SMILES string of the molecule is Cc1ccc(C2/C(=C(/O)c3ccc(OCC(C)C)cc3)C(=O)C(=O)N2c2ccc(F)c(Cl)c2)o1. The van der Waals surface area contributed by atoms with Gasteiger partial charge in [-0.25, -0.2) is 4.39 Å². The van der Waals surface area contributed by atoms with Crippen molar-refractivity contribution < 1.29 is 28.2 Å². The predicted molar refractivity (Wildman–Crippen MR) is 126 cm³/mol. The molecule has 1 aliphatic rings. The molecule has 1 amide bonds. The van der Waals surface area contributed by atoms with Gasteiger partial charge in [-0.15, -0.1) is 0 Å². The van der Waals surface area contributed by atoms with Crippen LogP contribution in [0.5, 0.6) is 5.75 Å². The van der Waals surface area contributed by atoms with Crippen LogP contribution in [0.15, 0.2) is 64.6 Å². The van der Waals surface area contributed by atoms with Crippen LogP contribution in [-0.4, -0.2) is 23.4 Å². The smallest absolute Gasteiger partial charge is 0.300 e. The molecular weight excluding hydrogens is 461 g/mol. The van der Waals surface area contributed by atoms with E-state index >= 15 is 0 Å². The van der Waals surface area contributed by atoms with Crippen LogP contribution in [0.25, 0.3) is 5.76 Å². The molecule has 3 aromatic rings. The topological polar surface area (TPSA) is 80.0 Å². The van der Waals surface area contributed by atoms with Crippen molar-refractivity contribution in [1.82, 2.24) is 0 Å². The molecule has 1 unspecified atom stereocenters. The van der Waals surface area contributed by atoms with Crippen LogP contribution in [-0.2, 0) is 9.59 Å². The molecule has 0 saturated carbocycles. The van der Waals surface area contributed by atoms with Crippen LogP contribution in [0.3, 0.4) is 0 Å². The molecule has 1 N–H and O–H groups in total. The fourth-order valence-electron chi connectivity index (χ4n) is 3.73. The van der Waals surface area contributed by atoms with Crippen molar-refractivity contribution in [1.29, 1.82) is 0 Å². The second-order valence-electron chi connectivity index (χ2n) is 8.45. The van der Waals surface area contributed by atoms with Gasteiger partial charge >= 0.3 is 0 Å². The maximum absolute atomic E-state index is 13.8. The van der Waals surface area contributed by atoms with Gasteiger partial charge in [0.15, 0.2) is 0 Å². The number of nitrogens with zero attached hydrogens (tertiary/aromatic N) is 1. The molecule has 0 aliphatic carbocycles. The quantitative estimate of drug-likeness (QED) is 0.262. The van der Waals surface area contributed by atoms with Gasteiger partial charge in [-0.2, -0.15) is 0 Å². The van der Waals surface area contributed by atoms with Crippen molar-refractivity contribution >= 4 is 34.7 Å². The maximum Gasteiger partial charge on any atom is 0.300 e. The highest BCUT2D eigenvalue weighted by molar-refractivity contribution is 6.51. The molecule has 1 fully saturated rings. The van der Waals surface area contributed by atoms with Crippen LogP contribution in [0.4, 0.5) is 10.1 Å². The van der Waals surface area contributed by atoms with E-state index in [0.29, 0.717) is 29.6 Å². The number of Topliss-reactive ketones (excluding diaryl/α,β-unsaturated/α-hetero) is 1. The number of furan rings is 1. The van der Waals surface area contributed by atoms with Crippen molar-refractivity contribution in [3.8, 4) is 5.75 Å². The Kier molecular flexibility index (Phi) is 6.48. The first-order chi connectivity index (χ1) is 16.2. The summed E-state index contributed by atoms with van der Waals surface area (Å²) in [7, 11) is 0. The number of rotatable bonds is 6. The standard InChI is InChI=1S/C26H23ClFNO5/c1-14(2)13-33-18-8-5-16(6-9-18)24(30)22-23(21-11-4-15(3)34-21)29(26(32)25(22)31)17-7-10-20(28)19(27)12-17/h4-12,14,23,30H,13H2,1-3H3/b24-22-. The highest BCUT2D eigenvalue weighted by Gasteiger charge is 2.48. The highest BCUT2D eigenvalue weighted by atomic mass is 35.5. The Labute approximate surface area is 201 Å². The molecule has 1 saturated heterocycles. The normalized spacial score (nSPS) is 17.6. The van der Waals surface area contributed by atoms with Crippen LogP contribution in [0.2, 0.25) is 5.02 Å². The zero-order chi connectivity index (χ0) is 24.6. The number of aryl methyl sites for hydroxylation is 1. The number of halogens is 2. The van der Waals surface area contributed by atoms with Gasteiger partial charge in [0.25, 0.3) is 11.7 Å². The van der Waals surface area contributed by atoms with Crippen LogP contribution in [0, 0.1) is 18.7 Å². The van der Waals surface area contributed by atoms with Crippen molar-refractivity contribution in [2.75, 3.05) is 11.5 Å². The molecule has 0 bridgehead atoms. The van der Waals surface area contributed by atoms with Crippen molar-refractivity contribution in [3.63, 3.8) is 0 Å². The summed E-state index contributed by atoms with van der Waals surface area (Å²) in [5, 5.41) is 10.9. The Morgan fingerprint density at radius 2 is 1.85 bits per heavy atom. The summed E-state index contributed by atoms with van der Waals surface area (Å²) in [6.45, 7) is 6.32. The molecule has 2 heterocycles. The minimum atomic E-state index is -1.06. The molecule has 1 atom stereocenters. The van der Waals surface area contributed by atoms with E-state index in [1.807, 2.05) is 13.8 Å². The molecule has 0 spiro atoms. The molecule has 34 heavy (non-hydrogen) atoms. The average molecular weight is 484 g/mol. The first-order valence-corrected chi connectivity index (χ1v) is 11.1. The van der Waals surface area contributed by atoms with Gasteiger partial charge < -0.3 is 14.3 Å². The van der Waals surface area contributed by atoms with Crippen molar-refractivity contribution in [2.24, 2.45) is 5.92 Å². The van der Waals surface area contributed by atoms with Gasteiger partial charge in [0.1, 0.15) is 34.9 Å². The lowest BCUT2D eigenvalue weighted by Crippen LogP contribution is -2.29. The summed E-state index contributed by atoms with van der Waals surface area (Å²) >= 11 is 5.93. The Balaban J connectivity index is 1.81. The summed E-state index contributed by atoms with van der Waals surface area (Å²) in [6.07, 6.45) is 0. The largest absolute Gasteiger partial charge is 0.507 e. The zero-order valence-corrected chi connectivity index (χ0v) is 19.6. The number of hydrogen-bond donors (Lipinski definition) is 1. The van der Waals surface area contributed by atoms with Gasteiger partial charge in [-0.1, -0.05) is 25.4 Å². The Bertz CT molecular complexity index is 1280. The highest BCUT2D eigenvalue weighted by Crippen LogP contribution is 2.43. The van der Waals surface area contributed by atoms with E-state index < -0.39 is 23.5 Å². The second kappa shape index (κ2) is 9.35. The number of hydrogen-bond acceptors (Lipinski definition) is 5. The molecule has 1 aliphatic heterocycles. The third-order valence-electron chi connectivity index (χ3n) is 5.37. The number of anilines is 1. The summed E-state index contributed by atoms with van der Waals surface area (Å²) in [5.41, 5.74) is 0.389. The van der Waals surface area contributed by atoms with E-state index in [2.05, 4.69) is 0 Å². The molecule has 4 rings (SSSR count). The monoisotopic (exact) mass is 483 g/mol. The Morgan fingerprint density at radius 1 is 1.15 bits per heavy atom. The van der Waals surface area contributed by atoms with Gasteiger partial charge in [-0.3, -0.25) is 14.5 Å². The van der Waals surface area contributed by atoms with E-state index in [9.17, 15) is 19.1 Å². The molecule has 0 radical (unpaired) electrons. The number of carbonyl (C=O) groups is 2. The van der Waals surface area contributed by atoms with Gasteiger partial charge in [0.2, 0.25) is 0 Å². The number of aliphatic hydroxyl groups is 1. The van der Waals surface area contributed by atoms with Crippen molar-refractivity contribution in [2.45, 2.75) is 26.8 Å². The number of carbonyl (C=O) groups excluding carboxylic acids is 2. The van der Waals surface area contributed by atoms with E-state index in [4.69, 9.17) is 20.8 Å². The van der Waals surface area contributed by atoms with Crippen LogP contribution < -0.4 is 9.64 Å². The number of aliphatic hydroxyl groups excluding tert-OH is 1. The van der Waals surface area contributed by atoms with Gasteiger partial charge in [-0.05, 0) is 67.4 Å². The average Bonchev–Trinajstić information content (AvgIpc) is 3.35. The molecule has 176 valence electrons. The molecule has 6 nitrogen and oxygen atoms in total. The van der Waals surface area contributed by atoms with Gasteiger partial charge in [0, 0.05) is 11.3 Å². The van der Waals surface area contributed by atoms with E-state index in [1.165, 1.54) is 12.1 Å². The summed E-state index contributed by atoms with van der Waals surface area (Å²) in [4.78, 5) is 27.3. The molecule has 1 aromatic heterocycles. The number of ether oxygens (including phenoxy) is 1. The summed E-state index contributed by atoms with van der Waals surface area (Å²) in [6, 6.07) is 12.5. The minimum Gasteiger partial charge on any atom is -0.507 e. The predicted octanol–water partition coefficient (Wildman–Crippen LogP) is 6.04. The lowest BCUT2D eigenvalue weighted by Gasteiger charge is -2.23. The number of amides is 1. The van der Waals surface area contributed by atoms with Crippen molar-refractivity contribution in [3.05, 3.63) is 88.1 Å². The molecule has 2 aromatic carbocycles. The summed E-state index contributed by atoms with van der Waals surface area (Å²) < 4.78 is 25.2. The third kappa shape index (κ3) is 4.43. The summed E-state index contributed by atoms with van der Waals surface area (Å²) in [5.74, 6) is -1.00. The van der Waals surface area contributed by atoms with Crippen LogP contribution in [0.1, 0.15) is 37.0 Å². The van der Waals surface area contributed by atoms with E-state index in [1.54, 1.807) is 43.3 Å². The van der Waals surface area contributed by atoms with E-state index in [0.717, 1.165) is 11.0 Å². The first kappa shape index (κ1) is 23.6. The minimum absolute atomic E-state index is 0.143. The maximum atomic E-state index is 13.8. The zero-order valence-electron chi connectivity index (χ0n) is 18.8. The number of benzene rings is 2. The van der Waals surface area contributed by atoms with E-state index in [-0.39, 0.29) is 27.8 Å². The molecular formula is C26H23ClFNO5. The second-order valence-corrected chi connectivity index (χ2v) is 8.85. The first-order valence-electron chi connectivity index (χ1n) is 10.7. The Morgan fingerprint density at radius 3 is 2.44 bits per heavy atom. The fourth-order valence-corrected chi connectivity index (χ4v) is 3.91. The third-order valence-corrected chi connectivity index (χ3v) is 5.66. The Hall–Kier alpha value is -3.58. The molecule has 8 heteroatoms.